The number of amides is 1. The van der Waals surface area contributed by atoms with E-state index in [2.05, 4.69) is 4.98 Å². The monoisotopic (exact) mass is 400 g/mol. The molecule has 0 saturated carbocycles. The Labute approximate surface area is 164 Å². The fourth-order valence-electron chi connectivity index (χ4n) is 3.67. The van der Waals surface area contributed by atoms with Crippen LogP contribution in [-0.4, -0.2) is 34.6 Å². The van der Waals surface area contributed by atoms with Gasteiger partial charge in [-0.05, 0) is 23.1 Å². The Balaban J connectivity index is 1.80. The summed E-state index contributed by atoms with van der Waals surface area (Å²) in [5.41, 5.74) is 0.723. The zero-order chi connectivity index (χ0) is 20.7. The van der Waals surface area contributed by atoms with Crippen molar-refractivity contribution in [3.63, 3.8) is 0 Å². The number of H-pyrrole nitrogens is 1. The summed E-state index contributed by atoms with van der Waals surface area (Å²) in [5.74, 6) is -2.80. The predicted molar refractivity (Wildman–Crippen MR) is 101 cm³/mol. The van der Waals surface area contributed by atoms with Crippen molar-refractivity contribution in [2.45, 2.75) is 18.8 Å². The molecular formula is C21H18F2N2O4. The van der Waals surface area contributed by atoms with Gasteiger partial charge in [0.15, 0.2) is 17.7 Å². The number of nitrogens with one attached hydrogen (secondary N) is 1. The van der Waals surface area contributed by atoms with Crippen molar-refractivity contribution in [3.8, 4) is 0 Å². The Morgan fingerprint density at radius 1 is 1.21 bits per heavy atom. The number of ether oxygens (including phenoxy) is 1. The summed E-state index contributed by atoms with van der Waals surface area (Å²) in [4.78, 5) is 29.1. The summed E-state index contributed by atoms with van der Waals surface area (Å²) in [6, 6.07) is 9.56. The van der Waals surface area contributed by atoms with Crippen molar-refractivity contribution >= 4 is 16.7 Å². The molecule has 2 heterocycles. The molecule has 4 rings (SSSR count). The van der Waals surface area contributed by atoms with E-state index in [0.717, 1.165) is 12.1 Å². The number of rotatable bonds is 3. The second-order valence-electron chi connectivity index (χ2n) is 6.95. The summed E-state index contributed by atoms with van der Waals surface area (Å²) in [6.07, 6.45) is -1.39. The lowest BCUT2D eigenvalue weighted by Crippen LogP contribution is -2.40. The highest BCUT2D eigenvalue weighted by Crippen LogP contribution is 2.34. The maximum atomic E-state index is 13.9. The highest BCUT2D eigenvalue weighted by atomic mass is 19.2. The molecular weight excluding hydrogens is 382 g/mol. The molecule has 29 heavy (non-hydrogen) atoms. The van der Waals surface area contributed by atoms with Crippen LogP contribution in [0, 0.1) is 11.6 Å². The van der Waals surface area contributed by atoms with Crippen LogP contribution in [0.1, 0.15) is 29.0 Å². The standard InChI is InChI=1S/C21H18F2N2O4/c1-25(21(28)19(26)11-5-3-2-4-6-11)17-10-29-9-16-18(17)12-7-14(22)15(23)8-13(12)20(27)24-16/h2-8,17,19,26H,9-10H2,1H3,(H,24,27)/t17-,19+/m1/s1. The van der Waals surface area contributed by atoms with Gasteiger partial charge in [-0.1, -0.05) is 30.3 Å². The summed E-state index contributed by atoms with van der Waals surface area (Å²) < 4.78 is 33.1. The van der Waals surface area contributed by atoms with Gasteiger partial charge in [-0.3, -0.25) is 9.59 Å². The number of nitrogens with zero attached hydrogens (tertiary/aromatic N) is 1. The number of carbonyl (C=O) groups excluding carboxylic acids is 1. The molecule has 1 aromatic heterocycles. The molecule has 0 aliphatic carbocycles. The minimum atomic E-state index is -1.39. The van der Waals surface area contributed by atoms with Crippen molar-refractivity contribution in [1.29, 1.82) is 0 Å². The highest BCUT2D eigenvalue weighted by molar-refractivity contribution is 5.88. The number of benzene rings is 2. The molecule has 1 aliphatic rings. The van der Waals surface area contributed by atoms with Gasteiger partial charge >= 0.3 is 0 Å². The van der Waals surface area contributed by atoms with Crippen LogP contribution in [0.4, 0.5) is 8.78 Å². The van der Waals surface area contributed by atoms with Gasteiger partial charge in [-0.15, -0.1) is 0 Å². The van der Waals surface area contributed by atoms with E-state index in [9.17, 15) is 23.5 Å². The lowest BCUT2D eigenvalue weighted by molar-refractivity contribution is -0.143. The molecule has 0 bridgehead atoms. The van der Waals surface area contributed by atoms with Crippen LogP contribution in [0.5, 0.6) is 0 Å². The number of aromatic amines is 1. The Bertz CT molecular complexity index is 1150. The molecule has 2 N–H and O–H groups in total. The number of fused-ring (bicyclic) bond motifs is 3. The highest BCUT2D eigenvalue weighted by Gasteiger charge is 2.33. The Morgan fingerprint density at radius 3 is 2.55 bits per heavy atom. The fourth-order valence-corrected chi connectivity index (χ4v) is 3.67. The van der Waals surface area contributed by atoms with Gasteiger partial charge in [-0.2, -0.15) is 0 Å². The first kappa shape index (κ1) is 19.2. The van der Waals surface area contributed by atoms with Crippen molar-refractivity contribution in [2.24, 2.45) is 0 Å². The van der Waals surface area contributed by atoms with Gasteiger partial charge in [0.1, 0.15) is 0 Å². The van der Waals surface area contributed by atoms with E-state index in [4.69, 9.17) is 4.74 Å². The normalized spacial score (nSPS) is 17.0. The lowest BCUT2D eigenvalue weighted by atomic mass is 9.95. The van der Waals surface area contributed by atoms with Gasteiger partial charge in [0, 0.05) is 18.3 Å². The van der Waals surface area contributed by atoms with Gasteiger partial charge in [-0.25, -0.2) is 8.78 Å². The smallest absolute Gasteiger partial charge is 0.256 e. The van der Waals surface area contributed by atoms with E-state index in [0.29, 0.717) is 16.8 Å². The molecule has 8 heteroatoms. The summed E-state index contributed by atoms with van der Waals surface area (Å²) in [7, 11) is 1.49. The van der Waals surface area contributed by atoms with Crippen molar-refractivity contribution in [1.82, 2.24) is 9.88 Å². The first-order chi connectivity index (χ1) is 13.9. The molecule has 0 saturated heterocycles. The number of likely N-dealkylation sites (N-methyl/N-ethyl adjacent to an activating group) is 1. The van der Waals surface area contributed by atoms with Crippen molar-refractivity contribution < 1.29 is 23.4 Å². The molecule has 0 unspecified atom stereocenters. The number of halogens is 2. The van der Waals surface area contributed by atoms with Gasteiger partial charge in [0.05, 0.1) is 24.6 Å². The van der Waals surface area contributed by atoms with E-state index >= 15 is 0 Å². The minimum absolute atomic E-state index is 0.0148. The number of aromatic nitrogens is 1. The Hall–Kier alpha value is -3.10. The molecule has 2 aromatic carbocycles. The quantitative estimate of drug-likeness (QED) is 0.708. The van der Waals surface area contributed by atoms with Crippen LogP contribution in [0.2, 0.25) is 0 Å². The van der Waals surface area contributed by atoms with Crippen molar-refractivity contribution in [3.05, 3.63) is 81.3 Å². The second kappa shape index (κ2) is 7.38. The number of pyridine rings is 1. The lowest BCUT2D eigenvalue weighted by Gasteiger charge is -2.34. The van der Waals surface area contributed by atoms with Crippen molar-refractivity contribution in [2.75, 3.05) is 13.7 Å². The molecule has 3 aromatic rings. The topological polar surface area (TPSA) is 82.6 Å². The van der Waals surface area contributed by atoms with Gasteiger partial charge < -0.3 is 19.7 Å². The number of hydrogen-bond donors (Lipinski definition) is 2. The average molecular weight is 400 g/mol. The maximum absolute atomic E-state index is 13.9. The number of aliphatic hydroxyl groups excluding tert-OH is 1. The molecule has 0 spiro atoms. The predicted octanol–water partition coefficient (Wildman–Crippen LogP) is 2.57. The van der Waals surface area contributed by atoms with Gasteiger partial charge in [0.25, 0.3) is 11.5 Å². The SMILES string of the molecule is CN(C(=O)[C@@H](O)c1ccccc1)[C@@H]1COCc2[nH]c(=O)c3cc(F)c(F)cc3c21. The maximum Gasteiger partial charge on any atom is 0.256 e. The zero-order valence-electron chi connectivity index (χ0n) is 15.5. The van der Waals surface area contributed by atoms with E-state index in [-0.39, 0.29) is 24.0 Å². The Kier molecular flexibility index (Phi) is 4.89. The molecule has 1 amide bonds. The first-order valence-electron chi connectivity index (χ1n) is 8.99. The molecule has 0 fully saturated rings. The van der Waals surface area contributed by atoms with Crippen LogP contribution in [0.25, 0.3) is 10.8 Å². The third kappa shape index (κ3) is 3.30. The molecule has 0 radical (unpaired) electrons. The third-order valence-corrected chi connectivity index (χ3v) is 5.20. The summed E-state index contributed by atoms with van der Waals surface area (Å²) in [6.45, 7) is 0.149. The largest absolute Gasteiger partial charge is 0.378 e. The molecule has 2 atom stereocenters. The minimum Gasteiger partial charge on any atom is -0.378 e. The van der Waals surface area contributed by atoms with Crippen LogP contribution >= 0.6 is 0 Å². The summed E-state index contributed by atoms with van der Waals surface area (Å²) in [5, 5.41) is 10.7. The molecule has 150 valence electrons. The number of carbonyl (C=O) groups is 1. The average Bonchev–Trinajstić information content (AvgIpc) is 2.73. The fraction of sp³-hybridized carbons (Fsp3) is 0.238. The third-order valence-electron chi connectivity index (χ3n) is 5.20. The second-order valence-corrected chi connectivity index (χ2v) is 6.95. The Morgan fingerprint density at radius 2 is 1.86 bits per heavy atom. The van der Waals surface area contributed by atoms with Crippen LogP contribution in [0.15, 0.2) is 47.3 Å². The van der Waals surface area contributed by atoms with Crippen LogP contribution in [0.3, 0.4) is 0 Å². The van der Waals surface area contributed by atoms with Gasteiger partial charge in [0.2, 0.25) is 0 Å². The first-order valence-corrected chi connectivity index (χ1v) is 8.99. The van der Waals surface area contributed by atoms with E-state index < -0.39 is 35.2 Å². The summed E-state index contributed by atoms with van der Waals surface area (Å²) >= 11 is 0. The van der Waals surface area contributed by atoms with Crippen LogP contribution in [-0.2, 0) is 16.1 Å². The molecule has 1 aliphatic heterocycles. The number of aliphatic hydroxyl groups is 1. The van der Waals surface area contributed by atoms with Crippen LogP contribution < -0.4 is 5.56 Å². The van der Waals surface area contributed by atoms with E-state index in [1.165, 1.54) is 11.9 Å². The van der Waals surface area contributed by atoms with E-state index in [1.54, 1.807) is 30.3 Å². The number of hydrogen-bond acceptors (Lipinski definition) is 4. The zero-order valence-corrected chi connectivity index (χ0v) is 15.5. The molecule has 6 nitrogen and oxygen atoms in total. The van der Waals surface area contributed by atoms with E-state index in [1.807, 2.05) is 0 Å².